The molecule has 0 aliphatic carbocycles. The van der Waals surface area contributed by atoms with Crippen LogP contribution in [0.1, 0.15) is 11.1 Å². The van der Waals surface area contributed by atoms with Crippen LogP contribution in [-0.2, 0) is 13.1 Å². The van der Waals surface area contributed by atoms with Gasteiger partial charge in [0.1, 0.15) is 23.8 Å². The molecule has 0 saturated heterocycles. The third-order valence-corrected chi connectivity index (χ3v) is 3.96. The van der Waals surface area contributed by atoms with E-state index >= 15 is 0 Å². The van der Waals surface area contributed by atoms with Gasteiger partial charge in [0.15, 0.2) is 11.5 Å². The highest BCUT2D eigenvalue weighted by atomic mass is 19.1. The molecule has 0 spiro atoms. The van der Waals surface area contributed by atoms with Crippen LogP contribution in [0.2, 0.25) is 0 Å². The van der Waals surface area contributed by atoms with Crippen molar-refractivity contribution in [1.29, 1.82) is 0 Å². The summed E-state index contributed by atoms with van der Waals surface area (Å²) < 4.78 is 23.6. The highest BCUT2D eigenvalue weighted by Crippen LogP contribution is 2.32. The summed E-state index contributed by atoms with van der Waals surface area (Å²) in [6.07, 6.45) is 1.50. The molecule has 0 unspecified atom stereocenters. The first-order valence-corrected chi connectivity index (χ1v) is 8.19. The Morgan fingerprint density at radius 1 is 0.808 bits per heavy atom. The van der Waals surface area contributed by atoms with Gasteiger partial charge in [-0.3, -0.25) is 0 Å². The van der Waals surface area contributed by atoms with E-state index in [1.165, 1.54) is 18.5 Å². The third-order valence-electron chi connectivity index (χ3n) is 3.96. The van der Waals surface area contributed by atoms with Crippen molar-refractivity contribution < 1.29 is 13.9 Å². The van der Waals surface area contributed by atoms with E-state index < -0.39 is 0 Å². The summed E-state index contributed by atoms with van der Waals surface area (Å²) in [6, 6.07) is 14.0. The highest BCUT2D eigenvalue weighted by molar-refractivity contribution is 5.49. The number of hydrogen-bond acceptors (Lipinski definition) is 6. The molecule has 0 bridgehead atoms. The summed E-state index contributed by atoms with van der Waals surface area (Å²) in [6.45, 7) is 1.42. The number of nitrogens with one attached hydrogen (secondary N) is 2. The molecule has 2 N–H and O–H groups in total. The first kappa shape index (κ1) is 16.1. The molecule has 1 aliphatic rings. The first-order valence-electron chi connectivity index (χ1n) is 8.19. The number of rotatable bonds is 6. The first-order chi connectivity index (χ1) is 12.8. The molecule has 0 atom stereocenters. The minimum absolute atomic E-state index is 0.245. The topological polar surface area (TPSA) is 68.3 Å². The lowest BCUT2D eigenvalue weighted by molar-refractivity contribution is 0.174. The van der Waals surface area contributed by atoms with Gasteiger partial charge in [-0.25, -0.2) is 14.4 Å². The molecule has 2 heterocycles. The van der Waals surface area contributed by atoms with E-state index in [1.54, 1.807) is 12.1 Å². The van der Waals surface area contributed by atoms with Crippen LogP contribution in [0.5, 0.6) is 11.5 Å². The number of hydrogen-bond donors (Lipinski definition) is 2. The standard InChI is InChI=1S/C19H17FN4O2/c20-15-4-1-13(2-5-15)9-21-18-8-19(24-11-23-18)22-10-14-3-6-16-17(7-14)26-12-25-16/h1-8,11H,9-10,12H2,(H2,21,22,23,24). The molecule has 2 aromatic carbocycles. The number of anilines is 2. The van der Waals surface area contributed by atoms with Gasteiger partial charge in [-0.15, -0.1) is 0 Å². The Labute approximate surface area is 150 Å². The maximum absolute atomic E-state index is 12.9. The minimum atomic E-state index is -0.245. The normalized spacial score (nSPS) is 12.0. The van der Waals surface area contributed by atoms with Gasteiger partial charge in [-0.2, -0.15) is 0 Å². The lowest BCUT2D eigenvalue weighted by atomic mass is 10.2. The quantitative estimate of drug-likeness (QED) is 0.707. The van der Waals surface area contributed by atoms with Crippen molar-refractivity contribution >= 4 is 11.6 Å². The van der Waals surface area contributed by atoms with Crippen LogP contribution < -0.4 is 20.1 Å². The molecular formula is C19H17FN4O2. The van der Waals surface area contributed by atoms with Crippen LogP contribution in [-0.4, -0.2) is 16.8 Å². The summed E-state index contributed by atoms with van der Waals surface area (Å²) in [7, 11) is 0. The Kier molecular flexibility index (Phi) is 4.51. The summed E-state index contributed by atoms with van der Waals surface area (Å²) in [5.74, 6) is 2.68. The largest absolute Gasteiger partial charge is 0.454 e. The molecule has 0 radical (unpaired) electrons. The van der Waals surface area contributed by atoms with E-state index in [1.807, 2.05) is 24.3 Å². The van der Waals surface area contributed by atoms with Crippen LogP contribution in [0.15, 0.2) is 54.9 Å². The Morgan fingerprint density at radius 2 is 1.46 bits per heavy atom. The van der Waals surface area contributed by atoms with Crippen molar-refractivity contribution in [3.8, 4) is 11.5 Å². The van der Waals surface area contributed by atoms with E-state index in [4.69, 9.17) is 9.47 Å². The molecule has 26 heavy (non-hydrogen) atoms. The second-order valence-corrected chi connectivity index (χ2v) is 5.81. The second-order valence-electron chi connectivity index (χ2n) is 5.81. The molecule has 132 valence electrons. The number of aromatic nitrogens is 2. The number of benzene rings is 2. The van der Waals surface area contributed by atoms with Crippen molar-refractivity contribution in [3.05, 3.63) is 71.8 Å². The number of ether oxygens (including phenoxy) is 2. The SMILES string of the molecule is Fc1ccc(CNc2cc(NCc3ccc4c(c3)OCO4)ncn2)cc1. The lowest BCUT2D eigenvalue weighted by Gasteiger charge is -2.09. The molecular weight excluding hydrogens is 335 g/mol. The van der Waals surface area contributed by atoms with Gasteiger partial charge in [0, 0.05) is 19.2 Å². The smallest absolute Gasteiger partial charge is 0.231 e. The van der Waals surface area contributed by atoms with Crippen LogP contribution in [0.4, 0.5) is 16.0 Å². The van der Waals surface area contributed by atoms with Crippen molar-refractivity contribution in [2.45, 2.75) is 13.1 Å². The zero-order chi connectivity index (χ0) is 17.8. The van der Waals surface area contributed by atoms with E-state index in [0.717, 1.165) is 22.6 Å². The zero-order valence-electron chi connectivity index (χ0n) is 13.9. The van der Waals surface area contributed by atoms with Crippen molar-refractivity contribution in [3.63, 3.8) is 0 Å². The van der Waals surface area contributed by atoms with Crippen molar-refractivity contribution in [1.82, 2.24) is 9.97 Å². The number of fused-ring (bicyclic) bond motifs is 1. The van der Waals surface area contributed by atoms with Gasteiger partial charge < -0.3 is 20.1 Å². The van der Waals surface area contributed by atoms with E-state index in [9.17, 15) is 4.39 Å². The fourth-order valence-electron chi connectivity index (χ4n) is 2.59. The average molecular weight is 352 g/mol. The van der Waals surface area contributed by atoms with Gasteiger partial charge in [0.25, 0.3) is 0 Å². The summed E-state index contributed by atoms with van der Waals surface area (Å²) in [5.41, 5.74) is 2.04. The second kappa shape index (κ2) is 7.26. The molecule has 3 aromatic rings. The van der Waals surface area contributed by atoms with Gasteiger partial charge in [-0.1, -0.05) is 18.2 Å². The number of nitrogens with zero attached hydrogens (tertiary/aromatic N) is 2. The Hall–Kier alpha value is -3.35. The van der Waals surface area contributed by atoms with Gasteiger partial charge in [-0.05, 0) is 35.4 Å². The number of halogens is 1. The maximum atomic E-state index is 12.9. The van der Waals surface area contributed by atoms with Crippen LogP contribution in [0, 0.1) is 5.82 Å². The van der Waals surface area contributed by atoms with Gasteiger partial charge in [0.2, 0.25) is 6.79 Å². The maximum Gasteiger partial charge on any atom is 0.231 e. The Bertz CT molecular complexity index is 902. The average Bonchev–Trinajstić information content (AvgIpc) is 3.14. The molecule has 0 saturated carbocycles. The molecule has 1 aromatic heterocycles. The monoisotopic (exact) mass is 352 g/mol. The molecule has 6 nitrogen and oxygen atoms in total. The summed E-state index contributed by atoms with van der Waals surface area (Å²) in [5, 5.41) is 6.46. The zero-order valence-corrected chi connectivity index (χ0v) is 13.9. The minimum Gasteiger partial charge on any atom is -0.454 e. The Balaban J connectivity index is 1.35. The fraction of sp³-hybridized carbons (Fsp3) is 0.158. The predicted octanol–water partition coefficient (Wildman–Crippen LogP) is 3.57. The van der Waals surface area contributed by atoms with Crippen LogP contribution in [0.25, 0.3) is 0 Å². The molecule has 4 rings (SSSR count). The molecule has 0 fully saturated rings. The summed E-state index contributed by atoms with van der Waals surface area (Å²) >= 11 is 0. The molecule has 1 aliphatic heterocycles. The predicted molar refractivity (Wildman–Crippen MR) is 95.7 cm³/mol. The van der Waals surface area contributed by atoms with E-state index in [-0.39, 0.29) is 12.6 Å². The van der Waals surface area contributed by atoms with E-state index in [2.05, 4.69) is 20.6 Å². The Morgan fingerprint density at radius 3 is 2.23 bits per heavy atom. The molecule has 0 amide bonds. The van der Waals surface area contributed by atoms with Gasteiger partial charge >= 0.3 is 0 Å². The van der Waals surface area contributed by atoms with Crippen molar-refractivity contribution in [2.24, 2.45) is 0 Å². The fourth-order valence-corrected chi connectivity index (χ4v) is 2.59. The van der Waals surface area contributed by atoms with Crippen LogP contribution >= 0.6 is 0 Å². The summed E-state index contributed by atoms with van der Waals surface area (Å²) in [4.78, 5) is 8.43. The van der Waals surface area contributed by atoms with Crippen molar-refractivity contribution in [2.75, 3.05) is 17.4 Å². The van der Waals surface area contributed by atoms with E-state index in [0.29, 0.717) is 24.7 Å². The molecule has 7 heteroatoms. The van der Waals surface area contributed by atoms with Crippen LogP contribution in [0.3, 0.4) is 0 Å². The third kappa shape index (κ3) is 3.83. The highest BCUT2D eigenvalue weighted by Gasteiger charge is 2.13. The lowest BCUT2D eigenvalue weighted by Crippen LogP contribution is -2.05. The van der Waals surface area contributed by atoms with Gasteiger partial charge in [0.05, 0.1) is 0 Å².